The van der Waals surface area contributed by atoms with E-state index in [0.717, 1.165) is 58.8 Å². The predicted octanol–water partition coefficient (Wildman–Crippen LogP) is 5.86. The van der Waals surface area contributed by atoms with Crippen LogP contribution in [0.5, 0.6) is 17.2 Å². The Bertz CT molecular complexity index is 1460. The Balaban J connectivity index is 1.23. The SMILES string of the molecule is Nc1ncnc2c3c(n(-c4ccc(Oc5cccc(OCc6ccccc6)c5)cc4)c12)CCC3. The van der Waals surface area contributed by atoms with Gasteiger partial charge in [-0.15, -0.1) is 0 Å². The summed E-state index contributed by atoms with van der Waals surface area (Å²) in [6.07, 6.45) is 4.72. The zero-order valence-corrected chi connectivity index (χ0v) is 18.6. The van der Waals surface area contributed by atoms with Crippen LogP contribution in [-0.4, -0.2) is 14.5 Å². The first-order valence-electron chi connectivity index (χ1n) is 11.4. The van der Waals surface area contributed by atoms with Gasteiger partial charge >= 0.3 is 0 Å². The molecule has 6 heteroatoms. The van der Waals surface area contributed by atoms with Crippen LogP contribution >= 0.6 is 0 Å². The van der Waals surface area contributed by atoms with Crippen LogP contribution < -0.4 is 15.2 Å². The fourth-order valence-electron chi connectivity index (χ4n) is 4.65. The summed E-state index contributed by atoms with van der Waals surface area (Å²) in [5.41, 5.74) is 12.8. The summed E-state index contributed by atoms with van der Waals surface area (Å²) in [6.45, 7) is 0.515. The Hall–Kier alpha value is -4.32. The van der Waals surface area contributed by atoms with E-state index in [-0.39, 0.29) is 0 Å². The van der Waals surface area contributed by atoms with E-state index in [9.17, 15) is 0 Å². The van der Waals surface area contributed by atoms with Gasteiger partial charge < -0.3 is 19.8 Å². The molecule has 168 valence electrons. The van der Waals surface area contributed by atoms with Crippen LogP contribution in [0.3, 0.4) is 0 Å². The molecule has 0 saturated heterocycles. The van der Waals surface area contributed by atoms with Crippen molar-refractivity contribution in [3.05, 3.63) is 102 Å². The number of benzene rings is 3. The number of rotatable bonds is 6. The largest absolute Gasteiger partial charge is 0.489 e. The number of aryl methyl sites for hydroxylation is 1. The van der Waals surface area contributed by atoms with E-state index >= 15 is 0 Å². The average molecular weight is 449 g/mol. The second-order valence-corrected chi connectivity index (χ2v) is 8.42. The van der Waals surface area contributed by atoms with Crippen LogP contribution in [0.2, 0.25) is 0 Å². The third kappa shape index (κ3) is 3.73. The second kappa shape index (κ2) is 8.56. The molecule has 2 aromatic heterocycles. The van der Waals surface area contributed by atoms with Crippen LogP contribution in [-0.2, 0) is 19.4 Å². The third-order valence-corrected chi connectivity index (χ3v) is 6.20. The zero-order valence-electron chi connectivity index (χ0n) is 18.6. The Morgan fingerprint density at radius 3 is 2.50 bits per heavy atom. The number of fused-ring (bicyclic) bond motifs is 3. The normalized spacial score (nSPS) is 12.6. The average Bonchev–Trinajstić information content (AvgIpc) is 3.46. The lowest BCUT2D eigenvalue weighted by atomic mass is 10.2. The van der Waals surface area contributed by atoms with Gasteiger partial charge in [-0.05, 0) is 66.8 Å². The highest BCUT2D eigenvalue weighted by Crippen LogP contribution is 2.36. The second-order valence-electron chi connectivity index (χ2n) is 8.42. The lowest BCUT2D eigenvalue weighted by Crippen LogP contribution is -2.02. The van der Waals surface area contributed by atoms with E-state index in [2.05, 4.69) is 26.7 Å². The predicted molar refractivity (Wildman–Crippen MR) is 133 cm³/mol. The van der Waals surface area contributed by atoms with Gasteiger partial charge in [-0.25, -0.2) is 9.97 Å². The van der Waals surface area contributed by atoms with Crippen LogP contribution in [0.1, 0.15) is 23.2 Å². The highest BCUT2D eigenvalue weighted by atomic mass is 16.5. The number of anilines is 1. The Morgan fingerprint density at radius 2 is 1.65 bits per heavy atom. The summed E-state index contributed by atoms with van der Waals surface area (Å²) < 4.78 is 14.2. The number of nitrogens with two attached hydrogens (primary N) is 1. The monoisotopic (exact) mass is 448 g/mol. The molecule has 0 aliphatic heterocycles. The summed E-state index contributed by atoms with van der Waals surface area (Å²) in [5, 5.41) is 0. The molecule has 1 aliphatic carbocycles. The lowest BCUT2D eigenvalue weighted by Gasteiger charge is -2.12. The molecule has 6 rings (SSSR count). The van der Waals surface area contributed by atoms with Crippen molar-refractivity contribution in [1.29, 1.82) is 0 Å². The first-order chi connectivity index (χ1) is 16.8. The van der Waals surface area contributed by atoms with Crippen molar-refractivity contribution in [2.24, 2.45) is 0 Å². The van der Waals surface area contributed by atoms with Crippen LogP contribution in [0.15, 0.2) is 85.2 Å². The summed E-state index contributed by atoms with van der Waals surface area (Å²) in [5.74, 6) is 2.75. The number of hydrogen-bond acceptors (Lipinski definition) is 5. The van der Waals surface area contributed by atoms with Crippen molar-refractivity contribution in [3.63, 3.8) is 0 Å². The number of ether oxygens (including phenoxy) is 2. The Morgan fingerprint density at radius 1 is 0.824 bits per heavy atom. The molecule has 0 amide bonds. The molecule has 5 aromatic rings. The molecule has 2 heterocycles. The molecule has 6 nitrogen and oxygen atoms in total. The highest BCUT2D eigenvalue weighted by Gasteiger charge is 2.25. The molecule has 0 saturated carbocycles. The number of aromatic nitrogens is 3. The number of hydrogen-bond donors (Lipinski definition) is 1. The third-order valence-electron chi connectivity index (χ3n) is 6.20. The van der Waals surface area contributed by atoms with E-state index in [1.54, 1.807) is 6.33 Å². The van der Waals surface area contributed by atoms with E-state index in [1.807, 2.05) is 66.7 Å². The van der Waals surface area contributed by atoms with E-state index < -0.39 is 0 Å². The van der Waals surface area contributed by atoms with Gasteiger partial charge in [-0.3, -0.25) is 0 Å². The number of nitrogens with zero attached hydrogens (tertiary/aromatic N) is 3. The van der Waals surface area contributed by atoms with Gasteiger partial charge in [0.25, 0.3) is 0 Å². The maximum Gasteiger partial charge on any atom is 0.151 e. The molecule has 1 aliphatic rings. The quantitative estimate of drug-likeness (QED) is 0.352. The summed E-state index contributed by atoms with van der Waals surface area (Å²) in [4.78, 5) is 8.76. The molecular formula is C28H24N4O2. The minimum absolute atomic E-state index is 0.507. The van der Waals surface area contributed by atoms with Gasteiger partial charge in [-0.1, -0.05) is 36.4 Å². The molecule has 0 radical (unpaired) electrons. The van der Waals surface area contributed by atoms with Crippen molar-refractivity contribution in [1.82, 2.24) is 14.5 Å². The minimum Gasteiger partial charge on any atom is -0.489 e. The summed E-state index contributed by atoms with van der Waals surface area (Å²) >= 11 is 0. The van der Waals surface area contributed by atoms with Crippen molar-refractivity contribution < 1.29 is 9.47 Å². The zero-order chi connectivity index (χ0) is 22.9. The molecule has 3 aromatic carbocycles. The fourth-order valence-corrected chi connectivity index (χ4v) is 4.65. The molecular weight excluding hydrogens is 424 g/mol. The molecule has 0 fully saturated rings. The molecule has 2 N–H and O–H groups in total. The minimum atomic E-state index is 0.507. The molecule has 0 spiro atoms. The van der Waals surface area contributed by atoms with Crippen molar-refractivity contribution in [3.8, 4) is 22.9 Å². The van der Waals surface area contributed by atoms with Crippen molar-refractivity contribution in [2.45, 2.75) is 25.9 Å². The smallest absolute Gasteiger partial charge is 0.151 e. The fraction of sp³-hybridized carbons (Fsp3) is 0.143. The highest BCUT2D eigenvalue weighted by molar-refractivity contribution is 5.91. The maximum atomic E-state index is 6.25. The summed E-state index contributed by atoms with van der Waals surface area (Å²) in [6, 6.07) is 25.8. The van der Waals surface area contributed by atoms with Crippen molar-refractivity contribution in [2.75, 3.05) is 5.73 Å². The first kappa shape index (κ1) is 20.3. The van der Waals surface area contributed by atoms with Crippen LogP contribution in [0.25, 0.3) is 16.7 Å². The Labute approximate surface area is 197 Å². The molecule has 0 unspecified atom stereocenters. The van der Waals surface area contributed by atoms with Gasteiger partial charge in [0.15, 0.2) is 5.82 Å². The Kier molecular flexibility index (Phi) is 5.11. The van der Waals surface area contributed by atoms with Gasteiger partial charge in [-0.2, -0.15) is 0 Å². The van der Waals surface area contributed by atoms with E-state index in [4.69, 9.17) is 15.2 Å². The van der Waals surface area contributed by atoms with E-state index in [1.165, 1.54) is 11.3 Å². The topological polar surface area (TPSA) is 75.2 Å². The van der Waals surface area contributed by atoms with Crippen LogP contribution in [0, 0.1) is 0 Å². The van der Waals surface area contributed by atoms with Gasteiger partial charge in [0, 0.05) is 17.4 Å². The van der Waals surface area contributed by atoms with E-state index in [0.29, 0.717) is 12.4 Å². The molecule has 0 atom stereocenters. The first-order valence-corrected chi connectivity index (χ1v) is 11.4. The molecule has 34 heavy (non-hydrogen) atoms. The van der Waals surface area contributed by atoms with Crippen LogP contribution in [0.4, 0.5) is 5.82 Å². The van der Waals surface area contributed by atoms with Gasteiger partial charge in [0.1, 0.15) is 35.7 Å². The maximum absolute atomic E-state index is 6.25. The lowest BCUT2D eigenvalue weighted by molar-refractivity contribution is 0.304. The summed E-state index contributed by atoms with van der Waals surface area (Å²) in [7, 11) is 0. The van der Waals surface area contributed by atoms with Crippen molar-refractivity contribution >= 4 is 16.9 Å². The molecule has 0 bridgehead atoms. The van der Waals surface area contributed by atoms with Gasteiger partial charge in [0.2, 0.25) is 0 Å². The number of nitrogen functional groups attached to an aromatic ring is 1. The van der Waals surface area contributed by atoms with Gasteiger partial charge in [0.05, 0.1) is 5.52 Å². The standard InChI is InChI=1S/C28H24N4O2/c29-28-27-26(30-18-31-28)24-10-5-11-25(24)32(27)20-12-14-21(15-13-20)34-23-9-4-8-22(16-23)33-17-19-6-2-1-3-7-19/h1-4,6-9,12-16,18H,5,10-11,17H2,(H2,29,30,31).